The largest absolute Gasteiger partial charge is 0.462 e. The third kappa shape index (κ3) is 14.6. The minimum Gasteiger partial charge on any atom is -0.462 e. The van der Waals surface area contributed by atoms with Gasteiger partial charge in [-0.15, -0.1) is 0 Å². The van der Waals surface area contributed by atoms with Crippen LogP contribution in [0.15, 0.2) is 232 Å². The van der Waals surface area contributed by atoms with Gasteiger partial charge in [0.05, 0.1) is 19.8 Å². The maximum absolute atomic E-state index is 13.5. The van der Waals surface area contributed by atoms with Crippen molar-refractivity contribution in [2.24, 2.45) is 17.2 Å². The average Bonchev–Trinajstić information content (AvgIpc) is 1.49. The fraction of sp³-hybridized carbons (Fsp3) is 0.250. The van der Waals surface area contributed by atoms with Crippen molar-refractivity contribution in [3.63, 3.8) is 0 Å². The first-order chi connectivity index (χ1) is 49.0. The number of fused-ring (bicyclic) bond motifs is 6. The number of esters is 6. The van der Waals surface area contributed by atoms with Crippen LogP contribution >= 0.6 is 0 Å². The molecule has 0 fully saturated rings. The third-order valence-corrected chi connectivity index (χ3v) is 16.3. The first-order valence-corrected chi connectivity index (χ1v) is 32.3. The van der Waals surface area contributed by atoms with E-state index in [1.807, 2.05) is 54.6 Å². The highest BCUT2D eigenvalue weighted by molar-refractivity contribution is 6.24. The summed E-state index contributed by atoms with van der Waals surface area (Å²) in [5, 5.41) is 23.4. The zero-order chi connectivity index (χ0) is 74.1. The number of aliphatic hydroxyl groups excluding tert-OH is 2. The first-order valence-electron chi connectivity index (χ1n) is 32.3. The van der Waals surface area contributed by atoms with Gasteiger partial charge in [0.2, 0.25) is 35.4 Å². The van der Waals surface area contributed by atoms with Crippen LogP contribution in [0.5, 0.6) is 0 Å². The van der Waals surface area contributed by atoms with Crippen LogP contribution in [0.3, 0.4) is 0 Å². The normalized spacial score (nSPS) is 18.6. The molecule has 11 N–H and O–H groups in total. The highest BCUT2D eigenvalue weighted by Gasteiger charge is 2.65. The van der Waals surface area contributed by atoms with Crippen molar-refractivity contribution >= 4 is 70.6 Å². The first kappa shape index (κ1) is 75.5. The quantitative estimate of drug-likeness (QED) is 0.0357. The Hall–Kier alpha value is -12.3. The van der Waals surface area contributed by atoms with Crippen LogP contribution in [0.1, 0.15) is 88.8 Å². The van der Waals surface area contributed by atoms with Crippen LogP contribution in [0.25, 0.3) is 0 Å². The summed E-state index contributed by atoms with van der Waals surface area (Å²) >= 11 is 0. The van der Waals surface area contributed by atoms with Gasteiger partial charge in [0.1, 0.15) is 86.8 Å². The Kier molecular flexibility index (Phi) is 24.8. The van der Waals surface area contributed by atoms with Crippen molar-refractivity contribution in [2.45, 2.75) is 91.5 Å². The fourth-order valence-electron chi connectivity index (χ4n) is 12.4. The maximum Gasteiger partial charge on any atom is 0.341 e. The number of aliphatic hydroxyl groups is 2. The molecule has 0 aliphatic carbocycles. The van der Waals surface area contributed by atoms with Crippen LogP contribution in [0.2, 0.25) is 0 Å². The molecule has 102 heavy (non-hydrogen) atoms. The van der Waals surface area contributed by atoms with Crippen molar-refractivity contribution in [3.05, 3.63) is 266 Å². The molecule has 0 radical (unpaired) electrons. The number of nitrogens with two attached hydrogens (primary N) is 3. The van der Waals surface area contributed by atoms with Crippen molar-refractivity contribution in [2.75, 3.05) is 49.0 Å². The monoisotopic (exact) mass is 1390 g/mol. The summed E-state index contributed by atoms with van der Waals surface area (Å²) in [6.45, 7) is 13.3. The Morgan fingerprint density at radius 3 is 0.775 bits per heavy atom. The van der Waals surface area contributed by atoms with Gasteiger partial charge < -0.3 is 86.0 Å². The molecule has 532 valence electrons. The summed E-state index contributed by atoms with van der Waals surface area (Å²) in [4.78, 5) is 120. The van der Waals surface area contributed by atoms with Crippen molar-refractivity contribution < 1.29 is 96.0 Å². The van der Waals surface area contributed by atoms with E-state index in [4.69, 9.17) is 70.0 Å². The molecule has 0 bridgehead atoms. The highest BCUT2D eigenvalue weighted by Crippen LogP contribution is 2.56. The molecule has 6 aliphatic rings. The number of rotatable bonds is 15. The van der Waals surface area contributed by atoms with Crippen molar-refractivity contribution in [1.82, 2.24) is 0 Å². The predicted octanol–water partition coefficient (Wildman–Crippen LogP) is 7.97. The van der Waals surface area contributed by atoms with E-state index in [1.165, 1.54) is 20.8 Å². The molecule has 3 atom stereocenters. The van der Waals surface area contributed by atoms with Gasteiger partial charge in [0.25, 0.3) is 0 Å². The molecular weight excluding hydrogens is 1320 g/mol. The Bertz CT molecular complexity index is 3990. The molecule has 26 heteroatoms. The summed E-state index contributed by atoms with van der Waals surface area (Å²) in [6.07, 6.45) is 0. The van der Waals surface area contributed by atoms with E-state index in [9.17, 15) is 43.2 Å². The van der Waals surface area contributed by atoms with E-state index in [0.29, 0.717) is 33.8 Å². The van der Waals surface area contributed by atoms with Gasteiger partial charge in [0, 0.05) is 47.0 Å². The summed E-state index contributed by atoms with van der Waals surface area (Å²) < 4.78 is 48.8. The lowest BCUT2D eigenvalue weighted by molar-refractivity contribution is -0.145. The van der Waals surface area contributed by atoms with E-state index in [2.05, 4.69) is 16.0 Å². The number of anilines is 3. The second-order valence-corrected chi connectivity index (χ2v) is 22.5. The fourth-order valence-corrected chi connectivity index (χ4v) is 12.4. The summed E-state index contributed by atoms with van der Waals surface area (Å²) in [5.74, 6) is -7.47. The number of benzene rings is 6. The van der Waals surface area contributed by atoms with Crippen LogP contribution < -0.4 is 33.2 Å². The van der Waals surface area contributed by atoms with E-state index in [1.54, 1.807) is 144 Å². The highest BCUT2D eigenvalue weighted by atomic mass is 16.6. The topological polar surface area (TPSA) is 391 Å². The molecule has 3 unspecified atom stereocenters. The van der Waals surface area contributed by atoms with E-state index in [-0.39, 0.29) is 121 Å². The number of allylic oxidation sites excluding steroid dienone is 3. The molecule has 3 amide bonds. The zero-order valence-corrected chi connectivity index (χ0v) is 57.2. The van der Waals surface area contributed by atoms with Crippen LogP contribution in [-0.4, -0.2) is 96.8 Å². The number of carbonyl (C=O) groups excluding carboxylic acids is 9. The average molecular weight is 1400 g/mol. The lowest BCUT2D eigenvalue weighted by Gasteiger charge is -2.35. The number of ether oxygens (including phenoxy) is 9. The number of para-hydroxylation sites is 3. The van der Waals surface area contributed by atoms with Gasteiger partial charge in [-0.3, -0.25) is 14.4 Å². The minimum atomic E-state index is -1.86. The molecule has 6 aromatic carbocycles. The van der Waals surface area contributed by atoms with Gasteiger partial charge in [-0.1, -0.05) is 146 Å². The Labute approximate surface area is 587 Å². The van der Waals surface area contributed by atoms with Gasteiger partial charge in [0.15, 0.2) is 0 Å². The van der Waals surface area contributed by atoms with Gasteiger partial charge >= 0.3 is 35.8 Å². The molecule has 0 saturated heterocycles. The van der Waals surface area contributed by atoms with Crippen LogP contribution in [-0.2, 0) is 122 Å². The predicted molar refractivity (Wildman–Crippen MR) is 369 cm³/mol. The van der Waals surface area contributed by atoms with Crippen molar-refractivity contribution in [3.8, 4) is 0 Å². The molecule has 6 aliphatic heterocycles. The van der Waals surface area contributed by atoms with Gasteiger partial charge in [-0.05, 0) is 90.3 Å². The number of hydrogen-bond donors (Lipinski definition) is 8. The van der Waals surface area contributed by atoms with E-state index < -0.39 is 69.8 Å². The molecule has 0 aromatic heterocycles. The lowest BCUT2D eigenvalue weighted by atomic mass is 9.67. The second kappa shape index (κ2) is 33.5. The van der Waals surface area contributed by atoms with Gasteiger partial charge in [-0.25, -0.2) is 28.8 Å². The number of hydrogen-bond acceptors (Lipinski definition) is 23. The zero-order valence-electron chi connectivity index (χ0n) is 57.2. The third-order valence-electron chi connectivity index (χ3n) is 16.3. The number of amides is 3. The lowest BCUT2D eigenvalue weighted by Crippen LogP contribution is -2.48. The SMILES string of the molecule is CCO.CCO.CCOC(=O)C1=C(N)OC(C)=C(C(=O)OCc2ccccc2)C12C(=O)Nc1ccccc12.CCOC(=O)C1=C(N)OC(C)=C(C(=O)OCc2ccccc2)C12C(=O)Nc1ccccc12.CCOC(=O)C1=C(N)OC(C)=C(C(=O)OCc2ccccc2)C12C(=O)Nc1ccccc12. The molecule has 6 heterocycles. The Balaban J connectivity index is 0.000000187. The molecular formula is C76H78N6O20. The molecule has 12 rings (SSSR count). The number of nitrogens with one attached hydrogen (secondary N) is 3. The standard InChI is InChI=1S/3C24H22N2O6.2C2H6O/c3*1-3-30-22(28)19-20(25)32-14(2)18(21(27)31-13-15-9-5-4-6-10-15)24(19)16-11-7-8-12-17(16)26-23(24)29;2*1-2-3/h3*4-12H,3,13,25H2,1-2H3,(H,26,29);2*3H,2H2,1H3. The second-order valence-electron chi connectivity index (χ2n) is 22.5. The number of carbonyl (C=O) groups is 9. The Morgan fingerprint density at radius 1 is 0.343 bits per heavy atom. The van der Waals surface area contributed by atoms with Crippen molar-refractivity contribution in [1.29, 1.82) is 0 Å². The smallest absolute Gasteiger partial charge is 0.341 e. The summed E-state index contributed by atoms with van der Waals surface area (Å²) in [5.41, 5.74) is 16.4. The van der Waals surface area contributed by atoms with E-state index in [0.717, 1.165) is 16.7 Å². The minimum absolute atomic E-state index is 0.0241. The Morgan fingerprint density at radius 2 is 0.549 bits per heavy atom. The molecule has 0 saturated carbocycles. The van der Waals surface area contributed by atoms with Gasteiger partial charge in [-0.2, -0.15) is 0 Å². The molecule has 3 spiro atoms. The maximum atomic E-state index is 13.5. The van der Waals surface area contributed by atoms with Crippen LogP contribution in [0, 0.1) is 0 Å². The molecule has 6 aromatic rings. The van der Waals surface area contributed by atoms with E-state index >= 15 is 0 Å². The van der Waals surface area contributed by atoms with Crippen LogP contribution in [0.4, 0.5) is 17.1 Å². The summed E-state index contributed by atoms with van der Waals surface area (Å²) in [6, 6.07) is 47.6. The molecule has 26 nitrogen and oxygen atoms in total. The summed E-state index contributed by atoms with van der Waals surface area (Å²) in [7, 11) is 0.